The van der Waals surface area contributed by atoms with Crippen molar-refractivity contribution in [1.29, 1.82) is 0 Å². The SMILES string of the molecule is Cn1cnnc1Sc1nc(Cl)nc(Cl)n1. The zero-order valence-electron chi connectivity index (χ0n) is 7.42. The van der Waals surface area contributed by atoms with E-state index in [0.717, 1.165) is 0 Å². The van der Waals surface area contributed by atoms with Gasteiger partial charge in [0.1, 0.15) is 6.33 Å². The van der Waals surface area contributed by atoms with Gasteiger partial charge in [-0.1, -0.05) is 0 Å². The zero-order valence-corrected chi connectivity index (χ0v) is 9.75. The van der Waals surface area contributed by atoms with Gasteiger partial charge in [0.15, 0.2) is 5.16 Å². The van der Waals surface area contributed by atoms with Crippen LogP contribution in [-0.4, -0.2) is 29.7 Å². The van der Waals surface area contributed by atoms with Gasteiger partial charge in [-0.25, -0.2) is 0 Å². The van der Waals surface area contributed by atoms with Crippen LogP contribution in [0.15, 0.2) is 16.6 Å². The molecule has 0 spiro atoms. The second-order valence-electron chi connectivity index (χ2n) is 2.48. The van der Waals surface area contributed by atoms with E-state index in [1.165, 1.54) is 11.8 Å². The first-order chi connectivity index (χ1) is 7.15. The maximum atomic E-state index is 5.63. The number of aromatic nitrogens is 6. The molecule has 0 saturated carbocycles. The molecule has 2 rings (SSSR count). The van der Waals surface area contributed by atoms with Crippen LogP contribution >= 0.6 is 35.0 Å². The van der Waals surface area contributed by atoms with Gasteiger partial charge in [0.25, 0.3) is 0 Å². The Hall–Kier alpha value is -0.920. The molecular weight excluding hydrogens is 259 g/mol. The molecule has 9 heteroatoms. The predicted molar refractivity (Wildman–Crippen MR) is 55.0 cm³/mol. The monoisotopic (exact) mass is 262 g/mol. The van der Waals surface area contributed by atoms with E-state index < -0.39 is 0 Å². The Bertz CT molecular complexity index is 466. The maximum Gasteiger partial charge on any atom is 0.227 e. The summed E-state index contributed by atoms with van der Waals surface area (Å²) < 4.78 is 1.73. The molecule has 0 atom stereocenters. The number of nitrogens with zero attached hydrogens (tertiary/aromatic N) is 6. The van der Waals surface area contributed by atoms with Gasteiger partial charge in [0.05, 0.1) is 0 Å². The summed E-state index contributed by atoms with van der Waals surface area (Å²) in [5.41, 5.74) is 0. The fourth-order valence-corrected chi connectivity index (χ4v) is 1.97. The van der Waals surface area contributed by atoms with Crippen molar-refractivity contribution in [1.82, 2.24) is 29.7 Å². The van der Waals surface area contributed by atoms with Crippen molar-refractivity contribution >= 4 is 35.0 Å². The largest absolute Gasteiger partial charge is 0.311 e. The molecule has 0 fully saturated rings. The summed E-state index contributed by atoms with van der Waals surface area (Å²) in [5, 5.41) is 8.72. The van der Waals surface area contributed by atoms with Crippen molar-refractivity contribution in [3.63, 3.8) is 0 Å². The number of aryl methyl sites for hydroxylation is 1. The molecule has 0 amide bonds. The minimum absolute atomic E-state index is 0.0552. The second-order valence-corrected chi connectivity index (χ2v) is 4.09. The first-order valence-corrected chi connectivity index (χ1v) is 5.31. The van der Waals surface area contributed by atoms with Gasteiger partial charge in [-0.3, -0.25) is 0 Å². The normalized spacial score (nSPS) is 10.6. The summed E-state index contributed by atoms with van der Waals surface area (Å²) in [6.07, 6.45) is 1.58. The number of hydrogen-bond acceptors (Lipinski definition) is 6. The summed E-state index contributed by atoms with van der Waals surface area (Å²) in [7, 11) is 1.81. The highest BCUT2D eigenvalue weighted by molar-refractivity contribution is 7.99. The van der Waals surface area contributed by atoms with E-state index in [1.54, 1.807) is 10.9 Å². The lowest BCUT2D eigenvalue weighted by Crippen LogP contribution is -1.94. The van der Waals surface area contributed by atoms with E-state index in [9.17, 15) is 0 Å². The van der Waals surface area contributed by atoms with Gasteiger partial charge in [-0.05, 0) is 35.0 Å². The Morgan fingerprint density at radius 2 is 1.87 bits per heavy atom. The Balaban J connectivity index is 2.28. The van der Waals surface area contributed by atoms with Crippen LogP contribution in [0, 0.1) is 0 Å². The van der Waals surface area contributed by atoms with Gasteiger partial charge in [-0.15, -0.1) is 10.2 Å². The van der Waals surface area contributed by atoms with E-state index >= 15 is 0 Å². The van der Waals surface area contributed by atoms with Crippen molar-refractivity contribution in [2.75, 3.05) is 0 Å². The summed E-state index contributed by atoms with van der Waals surface area (Å²) in [5.74, 6) is 0. The molecule has 15 heavy (non-hydrogen) atoms. The van der Waals surface area contributed by atoms with Crippen LogP contribution in [0.2, 0.25) is 10.6 Å². The van der Waals surface area contributed by atoms with Crippen molar-refractivity contribution in [3.05, 3.63) is 16.9 Å². The molecule has 6 nitrogen and oxygen atoms in total. The smallest absolute Gasteiger partial charge is 0.227 e. The number of hydrogen-bond donors (Lipinski definition) is 0. The molecule has 78 valence electrons. The molecule has 0 radical (unpaired) electrons. The van der Waals surface area contributed by atoms with Crippen molar-refractivity contribution in [2.24, 2.45) is 7.05 Å². The fraction of sp³-hybridized carbons (Fsp3) is 0.167. The van der Waals surface area contributed by atoms with E-state index in [4.69, 9.17) is 23.2 Å². The Kier molecular flexibility index (Phi) is 3.03. The van der Waals surface area contributed by atoms with Crippen LogP contribution in [0.25, 0.3) is 0 Å². The van der Waals surface area contributed by atoms with Crippen molar-refractivity contribution in [2.45, 2.75) is 10.3 Å². The average molecular weight is 263 g/mol. The molecule has 2 heterocycles. The highest BCUT2D eigenvalue weighted by Crippen LogP contribution is 2.23. The van der Waals surface area contributed by atoms with E-state index in [2.05, 4.69) is 25.1 Å². The number of halogens is 2. The highest BCUT2D eigenvalue weighted by Gasteiger charge is 2.08. The maximum absolute atomic E-state index is 5.63. The molecule has 0 N–H and O–H groups in total. The third-order valence-electron chi connectivity index (χ3n) is 1.41. The van der Waals surface area contributed by atoms with Gasteiger partial charge < -0.3 is 4.57 Å². The average Bonchev–Trinajstić information content (AvgIpc) is 2.50. The third kappa shape index (κ3) is 2.55. The first kappa shape index (κ1) is 10.6. The molecule has 0 unspecified atom stereocenters. The number of rotatable bonds is 2. The lowest BCUT2D eigenvalue weighted by molar-refractivity contribution is 0.782. The molecule has 2 aromatic heterocycles. The van der Waals surface area contributed by atoms with Crippen LogP contribution in [0.3, 0.4) is 0 Å². The molecule has 0 bridgehead atoms. The van der Waals surface area contributed by atoms with Crippen molar-refractivity contribution in [3.8, 4) is 0 Å². The molecule has 2 aromatic rings. The van der Waals surface area contributed by atoms with Crippen LogP contribution in [-0.2, 0) is 7.05 Å². The molecular formula is C6H4Cl2N6S. The van der Waals surface area contributed by atoms with Gasteiger partial charge >= 0.3 is 0 Å². The summed E-state index contributed by atoms with van der Waals surface area (Å²) >= 11 is 12.5. The van der Waals surface area contributed by atoms with Crippen molar-refractivity contribution < 1.29 is 0 Å². The van der Waals surface area contributed by atoms with E-state index in [-0.39, 0.29) is 10.6 Å². The standard InChI is InChI=1S/C6H4Cl2N6S/c1-14-2-9-13-6(14)15-5-11-3(7)10-4(8)12-5/h2H,1H3. The minimum atomic E-state index is 0.0552. The first-order valence-electron chi connectivity index (χ1n) is 3.74. The Labute approximate surface area is 99.1 Å². The van der Waals surface area contributed by atoms with E-state index in [1.807, 2.05) is 7.05 Å². The Morgan fingerprint density at radius 1 is 1.20 bits per heavy atom. The zero-order chi connectivity index (χ0) is 10.8. The molecule has 0 aliphatic carbocycles. The highest BCUT2D eigenvalue weighted by atomic mass is 35.5. The summed E-state index contributed by atoms with van der Waals surface area (Å²) in [4.78, 5) is 11.4. The topological polar surface area (TPSA) is 69.4 Å². The summed E-state index contributed by atoms with van der Waals surface area (Å²) in [6.45, 7) is 0. The fourth-order valence-electron chi connectivity index (χ4n) is 0.801. The molecule has 0 aromatic carbocycles. The molecule has 0 aliphatic heterocycles. The summed E-state index contributed by atoms with van der Waals surface area (Å²) in [6, 6.07) is 0. The van der Waals surface area contributed by atoms with Gasteiger partial charge in [0.2, 0.25) is 15.7 Å². The lowest BCUT2D eigenvalue weighted by Gasteiger charge is -1.99. The van der Waals surface area contributed by atoms with Crippen LogP contribution in [0.5, 0.6) is 0 Å². The van der Waals surface area contributed by atoms with E-state index in [0.29, 0.717) is 10.3 Å². The van der Waals surface area contributed by atoms with Crippen LogP contribution in [0.1, 0.15) is 0 Å². The quantitative estimate of drug-likeness (QED) is 0.816. The molecule has 0 saturated heterocycles. The van der Waals surface area contributed by atoms with Crippen LogP contribution < -0.4 is 0 Å². The van der Waals surface area contributed by atoms with Gasteiger partial charge in [0, 0.05) is 7.05 Å². The van der Waals surface area contributed by atoms with Crippen LogP contribution in [0.4, 0.5) is 0 Å². The van der Waals surface area contributed by atoms with Gasteiger partial charge in [-0.2, -0.15) is 15.0 Å². The lowest BCUT2D eigenvalue weighted by atomic mass is 11.1. The minimum Gasteiger partial charge on any atom is -0.311 e. The predicted octanol–water partition coefficient (Wildman–Crippen LogP) is 1.46. The third-order valence-corrected chi connectivity index (χ3v) is 2.67. The molecule has 0 aliphatic rings. The second kappa shape index (κ2) is 4.30. The Morgan fingerprint density at radius 3 is 2.40 bits per heavy atom.